The van der Waals surface area contributed by atoms with Gasteiger partial charge in [0.2, 0.25) is 0 Å². The minimum atomic E-state index is 0.124. The molecular formula is C14H24N2OS. The third kappa shape index (κ3) is 3.32. The molecule has 0 amide bonds. The van der Waals surface area contributed by atoms with Gasteiger partial charge >= 0.3 is 0 Å². The zero-order chi connectivity index (χ0) is 12.8. The summed E-state index contributed by atoms with van der Waals surface area (Å²) < 4.78 is 6.02. The Bertz CT molecular complexity index is 323. The molecule has 1 aliphatic rings. The second-order valence-electron chi connectivity index (χ2n) is 5.02. The first kappa shape index (κ1) is 14.0. The normalized spacial score (nSPS) is 20.8. The highest BCUT2D eigenvalue weighted by molar-refractivity contribution is 7.07. The summed E-state index contributed by atoms with van der Waals surface area (Å²) in [4.78, 5) is 0. The first-order valence-corrected chi connectivity index (χ1v) is 7.91. The first-order chi connectivity index (χ1) is 8.86. The molecule has 0 spiro atoms. The van der Waals surface area contributed by atoms with E-state index in [2.05, 4.69) is 29.2 Å². The summed E-state index contributed by atoms with van der Waals surface area (Å²) in [6.07, 6.45) is 6.77. The number of hydrazine groups is 1. The summed E-state index contributed by atoms with van der Waals surface area (Å²) in [7, 11) is 0. The van der Waals surface area contributed by atoms with Crippen LogP contribution in [0.5, 0.6) is 0 Å². The molecular weight excluding hydrogens is 244 g/mol. The molecule has 1 fully saturated rings. The summed E-state index contributed by atoms with van der Waals surface area (Å²) >= 11 is 1.71. The van der Waals surface area contributed by atoms with Crippen molar-refractivity contribution in [2.45, 2.75) is 51.2 Å². The van der Waals surface area contributed by atoms with Gasteiger partial charge in [0.05, 0.1) is 12.1 Å². The van der Waals surface area contributed by atoms with Gasteiger partial charge in [-0.2, -0.15) is 11.3 Å². The molecule has 1 saturated carbocycles. The van der Waals surface area contributed by atoms with E-state index in [0.29, 0.717) is 5.92 Å². The smallest absolute Gasteiger partial charge is 0.0810 e. The van der Waals surface area contributed by atoms with Crippen molar-refractivity contribution >= 4 is 11.3 Å². The van der Waals surface area contributed by atoms with E-state index in [1.807, 2.05) is 0 Å². The van der Waals surface area contributed by atoms with Crippen LogP contribution >= 0.6 is 11.3 Å². The van der Waals surface area contributed by atoms with Crippen molar-refractivity contribution in [1.82, 2.24) is 5.43 Å². The van der Waals surface area contributed by atoms with Gasteiger partial charge in [-0.25, -0.2) is 0 Å². The van der Waals surface area contributed by atoms with Gasteiger partial charge in [-0.15, -0.1) is 0 Å². The molecule has 0 radical (unpaired) electrons. The van der Waals surface area contributed by atoms with Crippen molar-refractivity contribution in [2.75, 3.05) is 6.61 Å². The van der Waals surface area contributed by atoms with Gasteiger partial charge in [0, 0.05) is 6.61 Å². The Labute approximate surface area is 114 Å². The lowest BCUT2D eigenvalue weighted by Gasteiger charge is -2.35. The fourth-order valence-corrected chi connectivity index (χ4v) is 3.69. The minimum absolute atomic E-state index is 0.124. The van der Waals surface area contributed by atoms with Gasteiger partial charge in [0.15, 0.2) is 0 Å². The number of nitrogens with two attached hydrogens (primary N) is 1. The molecule has 2 rings (SSSR count). The topological polar surface area (TPSA) is 47.3 Å². The minimum Gasteiger partial charge on any atom is -0.376 e. The van der Waals surface area contributed by atoms with Crippen molar-refractivity contribution in [3.05, 3.63) is 22.4 Å². The highest BCUT2D eigenvalue weighted by Crippen LogP contribution is 2.34. The maximum Gasteiger partial charge on any atom is 0.0810 e. The standard InChI is InChI=1S/C14H24N2OS/c1-2-17-14(11-6-4-3-5-7-11)13(16-15)12-8-9-18-10-12/h8-11,13-14,16H,2-7,15H2,1H3. The predicted octanol–water partition coefficient (Wildman–Crippen LogP) is 3.24. The second-order valence-corrected chi connectivity index (χ2v) is 5.80. The van der Waals surface area contributed by atoms with Crippen LogP contribution in [0, 0.1) is 5.92 Å². The van der Waals surface area contributed by atoms with Crippen LogP contribution in [0.3, 0.4) is 0 Å². The molecule has 102 valence electrons. The summed E-state index contributed by atoms with van der Waals surface area (Å²) in [6.45, 7) is 2.82. The molecule has 0 saturated heterocycles. The summed E-state index contributed by atoms with van der Waals surface area (Å²) in [5.41, 5.74) is 4.22. The Morgan fingerprint density at radius 3 is 2.78 bits per heavy atom. The van der Waals surface area contributed by atoms with Crippen LogP contribution in [-0.2, 0) is 4.74 Å². The summed E-state index contributed by atoms with van der Waals surface area (Å²) in [5, 5.41) is 4.27. The molecule has 2 atom stereocenters. The van der Waals surface area contributed by atoms with Crippen LogP contribution in [0.2, 0.25) is 0 Å². The van der Waals surface area contributed by atoms with Crippen molar-refractivity contribution in [2.24, 2.45) is 11.8 Å². The van der Waals surface area contributed by atoms with E-state index in [-0.39, 0.29) is 12.1 Å². The van der Waals surface area contributed by atoms with Gasteiger partial charge in [-0.05, 0) is 48.1 Å². The monoisotopic (exact) mass is 268 g/mol. The van der Waals surface area contributed by atoms with Crippen molar-refractivity contribution < 1.29 is 4.74 Å². The molecule has 4 heteroatoms. The molecule has 2 unspecified atom stereocenters. The van der Waals surface area contributed by atoms with Crippen LogP contribution < -0.4 is 11.3 Å². The first-order valence-electron chi connectivity index (χ1n) is 6.96. The number of nitrogens with one attached hydrogen (secondary N) is 1. The van der Waals surface area contributed by atoms with E-state index in [1.54, 1.807) is 11.3 Å². The quantitative estimate of drug-likeness (QED) is 0.615. The Kier molecular flexibility index (Phi) is 5.63. The number of rotatable bonds is 6. The Morgan fingerprint density at radius 2 is 2.22 bits per heavy atom. The van der Waals surface area contributed by atoms with Gasteiger partial charge in [-0.1, -0.05) is 19.3 Å². The average molecular weight is 268 g/mol. The third-order valence-electron chi connectivity index (χ3n) is 3.88. The molecule has 1 aliphatic carbocycles. The molecule has 3 nitrogen and oxygen atoms in total. The predicted molar refractivity (Wildman–Crippen MR) is 76.4 cm³/mol. The summed E-state index contributed by atoms with van der Waals surface area (Å²) in [5.74, 6) is 6.42. The van der Waals surface area contributed by atoms with E-state index in [9.17, 15) is 0 Å². The van der Waals surface area contributed by atoms with Crippen LogP contribution in [0.4, 0.5) is 0 Å². The molecule has 1 aromatic rings. The number of hydrogen-bond donors (Lipinski definition) is 2. The molecule has 0 bridgehead atoms. The lowest BCUT2D eigenvalue weighted by Crippen LogP contribution is -2.42. The van der Waals surface area contributed by atoms with Crippen molar-refractivity contribution in [3.8, 4) is 0 Å². The van der Waals surface area contributed by atoms with E-state index in [4.69, 9.17) is 10.6 Å². The maximum atomic E-state index is 6.02. The zero-order valence-electron chi connectivity index (χ0n) is 11.1. The summed E-state index contributed by atoms with van der Waals surface area (Å²) in [6, 6.07) is 2.27. The fourth-order valence-electron chi connectivity index (χ4n) is 2.99. The van der Waals surface area contributed by atoms with Gasteiger partial charge in [-0.3, -0.25) is 11.3 Å². The lowest BCUT2D eigenvalue weighted by atomic mass is 9.81. The van der Waals surface area contributed by atoms with Crippen LogP contribution in [-0.4, -0.2) is 12.7 Å². The highest BCUT2D eigenvalue weighted by Gasteiger charge is 2.31. The average Bonchev–Trinajstić information content (AvgIpc) is 2.94. The van der Waals surface area contributed by atoms with Crippen molar-refractivity contribution in [1.29, 1.82) is 0 Å². The van der Waals surface area contributed by atoms with E-state index in [1.165, 1.54) is 37.7 Å². The maximum absolute atomic E-state index is 6.02. The van der Waals surface area contributed by atoms with Crippen molar-refractivity contribution in [3.63, 3.8) is 0 Å². The Hall–Kier alpha value is -0.420. The highest BCUT2D eigenvalue weighted by atomic mass is 32.1. The van der Waals surface area contributed by atoms with E-state index in [0.717, 1.165) is 6.61 Å². The van der Waals surface area contributed by atoms with E-state index >= 15 is 0 Å². The number of thiophene rings is 1. The molecule has 0 aromatic carbocycles. The van der Waals surface area contributed by atoms with Gasteiger partial charge in [0.25, 0.3) is 0 Å². The largest absolute Gasteiger partial charge is 0.376 e. The molecule has 1 aromatic heterocycles. The van der Waals surface area contributed by atoms with Gasteiger partial charge in [0.1, 0.15) is 0 Å². The molecule has 1 heterocycles. The van der Waals surface area contributed by atoms with Gasteiger partial charge < -0.3 is 4.74 Å². The molecule has 18 heavy (non-hydrogen) atoms. The fraction of sp³-hybridized carbons (Fsp3) is 0.714. The Balaban J connectivity index is 2.11. The van der Waals surface area contributed by atoms with Crippen LogP contribution in [0.15, 0.2) is 16.8 Å². The third-order valence-corrected chi connectivity index (χ3v) is 4.59. The van der Waals surface area contributed by atoms with E-state index < -0.39 is 0 Å². The number of ether oxygens (including phenoxy) is 1. The van der Waals surface area contributed by atoms with Crippen LogP contribution in [0.25, 0.3) is 0 Å². The zero-order valence-corrected chi connectivity index (χ0v) is 11.9. The number of hydrogen-bond acceptors (Lipinski definition) is 4. The van der Waals surface area contributed by atoms with Crippen LogP contribution in [0.1, 0.15) is 50.6 Å². The lowest BCUT2D eigenvalue weighted by molar-refractivity contribution is -0.0183. The molecule has 0 aliphatic heterocycles. The second kappa shape index (κ2) is 7.24. The SMILES string of the molecule is CCOC(C1CCCCC1)C(NN)c1ccsc1. The Morgan fingerprint density at radius 1 is 1.44 bits per heavy atom. The molecule has 3 N–H and O–H groups in total.